The Bertz CT molecular complexity index is 455. The van der Waals surface area contributed by atoms with Crippen LogP contribution in [0.4, 0.5) is 0 Å². The molecule has 19 heavy (non-hydrogen) atoms. The van der Waals surface area contributed by atoms with Crippen LogP contribution in [0.1, 0.15) is 36.0 Å². The van der Waals surface area contributed by atoms with E-state index in [0.29, 0.717) is 12.1 Å². The normalized spacial score (nSPS) is 23.4. The van der Waals surface area contributed by atoms with E-state index in [4.69, 9.17) is 0 Å². The SMILES string of the molecule is CNC1CCC(N(C)C(=O)c2cc(Br)sc2Br)CC1. The topological polar surface area (TPSA) is 32.3 Å². The van der Waals surface area contributed by atoms with E-state index >= 15 is 0 Å². The zero-order valence-electron chi connectivity index (χ0n) is 11.1. The van der Waals surface area contributed by atoms with Crippen LogP contribution in [0, 0.1) is 0 Å². The standard InChI is InChI=1S/C13H18Br2N2OS/c1-16-8-3-5-9(6-4-8)17(2)13(18)10-7-11(14)19-12(10)15/h7-9,16H,3-6H2,1-2H3. The fraction of sp³-hybridized carbons (Fsp3) is 0.615. The Morgan fingerprint density at radius 3 is 2.47 bits per heavy atom. The lowest BCUT2D eigenvalue weighted by molar-refractivity contribution is 0.0685. The van der Waals surface area contributed by atoms with Gasteiger partial charge in [-0.3, -0.25) is 4.79 Å². The van der Waals surface area contributed by atoms with Gasteiger partial charge in [-0.15, -0.1) is 11.3 Å². The zero-order valence-corrected chi connectivity index (χ0v) is 15.1. The van der Waals surface area contributed by atoms with E-state index in [9.17, 15) is 4.79 Å². The molecule has 3 nitrogen and oxygen atoms in total. The summed E-state index contributed by atoms with van der Waals surface area (Å²) in [6.07, 6.45) is 4.45. The minimum absolute atomic E-state index is 0.113. The second-order valence-electron chi connectivity index (χ2n) is 4.95. The maximum Gasteiger partial charge on any atom is 0.255 e. The van der Waals surface area contributed by atoms with Gasteiger partial charge in [-0.05, 0) is 70.7 Å². The molecule has 106 valence electrons. The first-order valence-electron chi connectivity index (χ1n) is 6.42. The number of amides is 1. The van der Waals surface area contributed by atoms with Crippen LogP contribution in [0.3, 0.4) is 0 Å². The second-order valence-corrected chi connectivity index (χ2v) is 8.70. The van der Waals surface area contributed by atoms with Crippen molar-refractivity contribution in [1.29, 1.82) is 0 Å². The van der Waals surface area contributed by atoms with Crippen molar-refractivity contribution in [3.63, 3.8) is 0 Å². The monoisotopic (exact) mass is 408 g/mol. The van der Waals surface area contributed by atoms with Gasteiger partial charge in [0, 0.05) is 19.1 Å². The molecular weight excluding hydrogens is 392 g/mol. The van der Waals surface area contributed by atoms with Gasteiger partial charge in [-0.25, -0.2) is 0 Å². The molecule has 0 atom stereocenters. The fourth-order valence-electron chi connectivity index (χ4n) is 2.59. The van der Waals surface area contributed by atoms with Gasteiger partial charge >= 0.3 is 0 Å². The molecule has 0 aromatic carbocycles. The van der Waals surface area contributed by atoms with Crippen LogP contribution >= 0.6 is 43.2 Å². The van der Waals surface area contributed by atoms with Crippen LogP contribution in [-0.4, -0.2) is 37.0 Å². The summed E-state index contributed by atoms with van der Waals surface area (Å²) in [7, 11) is 3.94. The quantitative estimate of drug-likeness (QED) is 0.821. The highest BCUT2D eigenvalue weighted by atomic mass is 79.9. The zero-order chi connectivity index (χ0) is 14.0. The molecule has 1 saturated carbocycles. The first kappa shape index (κ1) is 15.5. The second kappa shape index (κ2) is 6.70. The third-order valence-electron chi connectivity index (χ3n) is 3.86. The average Bonchev–Trinajstić information content (AvgIpc) is 2.76. The van der Waals surface area contributed by atoms with E-state index in [1.165, 1.54) is 0 Å². The smallest absolute Gasteiger partial charge is 0.255 e. The molecule has 0 unspecified atom stereocenters. The van der Waals surface area contributed by atoms with E-state index in [1.54, 1.807) is 11.3 Å². The lowest BCUT2D eigenvalue weighted by Gasteiger charge is -2.34. The van der Waals surface area contributed by atoms with Crippen LogP contribution in [0.5, 0.6) is 0 Å². The minimum Gasteiger partial charge on any atom is -0.339 e. The lowest BCUT2D eigenvalue weighted by atomic mass is 9.90. The Labute approximate surface area is 135 Å². The summed E-state index contributed by atoms with van der Waals surface area (Å²) in [5.74, 6) is 0.113. The Balaban J connectivity index is 2.02. The van der Waals surface area contributed by atoms with Crippen LogP contribution < -0.4 is 5.32 Å². The van der Waals surface area contributed by atoms with E-state index in [-0.39, 0.29) is 5.91 Å². The molecule has 2 rings (SSSR count). The van der Waals surface area contributed by atoms with Crippen LogP contribution in [0.25, 0.3) is 0 Å². The van der Waals surface area contributed by atoms with Gasteiger partial charge in [-0.2, -0.15) is 0 Å². The van der Waals surface area contributed by atoms with Crippen LogP contribution in [0.15, 0.2) is 13.6 Å². The van der Waals surface area contributed by atoms with Crippen LogP contribution in [-0.2, 0) is 0 Å². The van der Waals surface area contributed by atoms with Gasteiger partial charge in [-0.1, -0.05) is 0 Å². The first-order chi connectivity index (χ1) is 9.02. The average molecular weight is 410 g/mol. The van der Waals surface area contributed by atoms with Crippen molar-refractivity contribution in [2.45, 2.75) is 37.8 Å². The Morgan fingerprint density at radius 2 is 2.00 bits per heavy atom. The molecule has 6 heteroatoms. The van der Waals surface area contributed by atoms with Crippen molar-refractivity contribution < 1.29 is 4.79 Å². The Kier molecular flexibility index (Phi) is 5.45. The Morgan fingerprint density at radius 1 is 1.37 bits per heavy atom. The molecule has 1 fully saturated rings. The molecule has 1 aromatic heterocycles. The summed E-state index contributed by atoms with van der Waals surface area (Å²) in [6, 6.07) is 2.87. The molecule has 0 saturated heterocycles. The summed E-state index contributed by atoms with van der Waals surface area (Å²) in [4.78, 5) is 14.4. The highest BCUT2D eigenvalue weighted by molar-refractivity contribution is 9.12. The van der Waals surface area contributed by atoms with Crippen molar-refractivity contribution >= 4 is 49.1 Å². The lowest BCUT2D eigenvalue weighted by Crippen LogP contribution is -2.42. The molecule has 0 bridgehead atoms. The number of nitrogens with zero attached hydrogens (tertiary/aromatic N) is 1. The van der Waals surface area contributed by atoms with E-state index in [1.807, 2.05) is 25.1 Å². The summed E-state index contributed by atoms with van der Waals surface area (Å²) in [5, 5.41) is 3.32. The van der Waals surface area contributed by atoms with Gasteiger partial charge in [0.15, 0.2) is 0 Å². The number of carbonyl (C=O) groups is 1. The number of carbonyl (C=O) groups excluding carboxylic acids is 1. The summed E-state index contributed by atoms with van der Waals surface area (Å²) in [5.41, 5.74) is 0.759. The molecule has 0 aliphatic heterocycles. The molecule has 1 aliphatic carbocycles. The number of nitrogens with one attached hydrogen (secondary N) is 1. The van der Waals surface area contributed by atoms with E-state index < -0.39 is 0 Å². The van der Waals surface area contributed by atoms with Gasteiger partial charge < -0.3 is 10.2 Å². The highest BCUT2D eigenvalue weighted by Gasteiger charge is 2.27. The number of rotatable bonds is 3. The predicted molar refractivity (Wildman–Crippen MR) is 86.9 cm³/mol. The van der Waals surface area contributed by atoms with Gasteiger partial charge in [0.1, 0.15) is 0 Å². The first-order valence-corrected chi connectivity index (χ1v) is 8.82. The molecule has 0 radical (unpaired) electrons. The van der Waals surface area contributed by atoms with Crippen molar-refractivity contribution in [2.75, 3.05) is 14.1 Å². The number of thiophene rings is 1. The van der Waals surface area contributed by atoms with Crippen molar-refractivity contribution in [3.05, 3.63) is 19.2 Å². The van der Waals surface area contributed by atoms with Gasteiger partial charge in [0.25, 0.3) is 5.91 Å². The van der Waals surface area contributed by atoms with Crippen molar-refractivity contribution in [2.24, 2.45) is 0 Å². The summed E-state index contributed by atoms with van der Waals surface area (Å²) in [6.45, 7) is 0. The number of hydrogen-bond acceptors (Lipinski definition) is 3. The molecule has 1 heterocycles. The van der Waals surface area contributed by atoms with Gasteiger partial charge in [0.05, 0.1) is 13.1 Å². The maximum absolute atomic E-state index is 12.5. The van der Waals surface area contributed by atoms with E-state index in [2.05, 4.69) is 37.2 Å². The third kappa shape index (κ3) is 3.60. The van der Waals surface area contributed by atoms with Crippen molar-refractivity contribution in [1.82, 2.24) is 10.2 Å². The molecular formula is C13H18Br2N2OS. The van der Waals surface area contributed by atoms with Crippen molar-refractivity contribution in [3.8, 4) is 0 Å². The maximum atomic E-state index is 12.5. The molecule has 1 aromatic rings. The molecule has 1 N–H and O–H groups in total. The molecule has 1 amide bonds. The number of halogens is 2. The number of hydrogen-bond donors (Lipinski definition) is 1. The Hall–Kier alpha value is 0.0900. The summed E-state index contributed by atoms with van der Waals surface area (Å²) < 4.78 is 1.88. The molecule has 0 spiro atoms. The predicted octanol–water partition coefficient (Wildman–Crippen LogP) is 3.88. The van der Waals surface area contributed by atoms with Crippen LogP contribution in [0.2, 0.25) is 0 Å². The fourth-order valence-corrected chi connectivity index (χ4v) is 5.37. The molecule has 1 aliphatic rings. The van der Waals surface area contributed by atoms with Gasteiger partial charge in [0.2, 0.25) is 0 Å². The third-order valence-corrected chi connectivity index (χ3v) is 6.20. The highest BCUT2D eigenvalue weighted by Crippen LogP contribution is 2.33. The summed E-state index contributed by atoms with van der Waals surface area (Å²) >= 11 is 8.43. The largest absolute Gasteiger partial charge is 0.339 e. The van der Waals surface area contributed by atoms with E-state index in [0.717, 1.165) is 38.8 Å². The minimum atomic E-state index is 0.113.